The Morgan fingerprint density at radius 2 is 1.85 bits per heavy atom. The quantitative estimate of drug-likeness (QED) is 0.758. The second-order valence-corrected chi connectivity index (χ2v) is 7.49. The fourth-order valence-corrected chi connectivity index (χ4v) is 3.44. The Balaban J connectivity index is 1.55. The second kappa shape index (κ2) is 6.99. The van der Waals surface area contributed by atoms with Crippen LogP contribution in [0.1, 0.15) is 35.6 Å². The van der Waals surface area contributed by atoms with Crippen LogP contribution in [0.2, 0.25) is 0 Å². The molecule has 1 N–H and O–H groups in total. The number of amides is 1. The normalized spacial score (nSPS) is 14.9. The molecule has 1 saturated carbocycles. The van der Waals surface area contributed by atoms with Gasteiger partial charge in [0.05, 0.1) is 23.3 Å². The van der Waals surface area contributed by atoms with Crippen LogP contribution < -0.4 is 10.9 Å². The minimum absolute atomic E-state index is 0.00413. The minimum atomic E-state index is -0.183. The third-order valence-electron chi connectivity index (χ3n) is 5.14. The monoisotopic (exact) mass is 361 g/mol. The van der Waals surface area contributed by atoms with E-state index in [1.165, 1.54) is 16.5 Å². The van der Waals surface area contributed by atoms with Crippen molar-refractivity contribution < 1.29 is 4.79 Å². The van der Waals surface area contributed by atoms with E-state index in [2.05, 4.69) is 41.5 Å². The van der Waals surface area contributed by atoms with Crippen molar-refractivity contribution in [3.8, 4) is 0 Å². The lowest BCUT2D eigenvalue weighted by molar-refractivity contribution is -0.122. The molecule has 27 heavy (non-hydrogen) atoms. The molecule has 1 heterocycles. The first-order valence-electron chi connectivity index (χ1n) is 9.33. The first-order chi connectivity index (χ1) is 13.0. The van der Waals surface area contributed by atoms with Crippen LogP contribution in [0.4, 0.5) is 0 Å². The lowest BCUT2D eigenvalue weighted by Gasteiger charge is -2.19. The fourth-order valence-electron chi connectivity index (χ4n) is 3.44. The van der Waals surface area contributed by atoms with Crippen molar-refractivity contribution in [2.45, 2.75) is 39.3 Å². The van der Waals surface area contributed by atoms with E-state index in [4.69, 9.17) is 0 Å². The van der Waals surface area contributed by atoms with Gasteiger partial charge in [-0.15, -0.1) is 0 Å². The highest BCUT2D eigenvalue weighted by Gasteiger charge is 2.33. The molecule has 138 valence electrons. The molecule has 1 atom stereocenters. The molecule has 3 aromatic rings. The summed E-state index contributed by atoms with van der Waals surface area (Å²) in [6, 6.07) is 13.9. The molecule has 5 nitrogen and oxygen atoms in total. The lowest BCUT2D eigenvalue weighted by atomic mass is 10.0. The van der Waals surface area contributed by atoms with Crippen molar-refractivity contribution in [2.24, 2.45) is 5.92 Å². The van der Waals surface area contributed by atoms with Crippen molar-refractivity contribution in [1.29, 1.82) is 0 Å². The molecule has 1 amide bonds. The zero-order valence-electron chi connectivity index (χ0n) is 15.6. The lowest BCUT2D eigenvalue weighted by Crippen LogP contribution is -2.35. The van der Waals surface area contributed by atoms with Gasteiger partial charge in [0.2, 0.25) is 5.91 Å². The van der Waals surface area contributed by atoms with Crippen LogP contribution in [-0.4, -0.2) is 15.5 Å². The van der Waals surface area contributed by atoms with Gasteiger partial charge in [-0.1, -0.05) is 41.5 Å². The molecule has 0 aliphatic heterocycles. The number of aromatic nitrogens is 2. The third kappa shape index (κ3) is 3.77. The number of fused-ring (bicyclic) bond motifs is 1. The topological polar surface area (TPSA) is 64.0 Å². The number of aryl methyl sites for hydroxylation is 2. The Kier molecular flexibility index (Phi) is 4.52. The molecular formula is C22H23N3O2. The number of hydrogen-bond donors (Lipinski definition) is 1. The van der Waals surface area contributed by atoms with Gasteiger partial charge in [-0.2, -0.15) is 0 Å². The molecule has 4 rings (SSSR count). The number of carbonyl (C=O) groups is 1. The maximum atomic E-state index is 12.7. The zero-order chi connectivity index (χ0) is 19.0. The van der Waals surface area contributed by atoms with Gasteiger partial charge in [0, 0.05) is 0 Å². The van der Waals surface area contributed by atoms with Crippen LogP contribution in [-0.2, 0) is 11.3 Å². The zero-order valence-corrected chi connectivity index (χ0v) is 15.6. The van der Waals surface area contributed by atoms with Gasteiger partial charge in [-0.05, 0) is 50.3 Å². The number of hydrogen-bond acceptors (Lipinski definition) is 3. The summed E-state index contributed by atoms with van der Waals surface area (Å²) < 4.78 is 1.39. The van der Waals surface area contributed by atoms with Crippen LogP contribution in [0.15, 0.2) is 53.6 Å². The van der Waals surface area contributed by atoms with Crippen molar-refractivity contribution in [2.75, 3.05) is 0 Å². The van der Waals surface area contributed by atoms with E-state index in [0.717, 1.165) is 24.0 Å². The Labute approximate surface area is 158 Å². The van der Waals surface area contributed by atoms with E-state index in [0.29, 0.717) is 16.8 Å². The van der Waals surface area contributed by atoms with E-state index in [9.17, 15) is 9.59 Å². The van der Waals surface area contributed by atoms with Crippen LogP contribution in [0.25, 0.3) is 10.9 Å². The van der Waals surface area contributed by atoms with Crippen molar-refractivity contribution in [3.05, 3.63) is 75.8 Å². The highest BCUT2D eigenvalue weighted by Crippen LogP contribution is 2.41. The maximum Gasteiger partial charge on any atom is 0.261 e. The fraction of sp³-hybridized carbons (Fsp3) is 0.318. The van der Waals surface area contributed by atoms with Crippen LogP contribution in [0.5, 0.6) is 0 Å². The summed E-state index contributed by atoms with van der Waals surface area (Å²) in [5, 5.41) is 3.67. The largest absolute Gasteiger partial charge is 0.347 e. The Hall–Kier alpha value is -2.95. The summed E-state index contributed by atoms with van der Waals surface area (Å²) >= 11 is 0. The second-order valence-electron chi connectivity index (χ2n) is 7.49. The molecule has 1 aromatic heterocycles. The van der Waals surface area contributed by atoms with Gasteiger partial charge in [0.1, 0.15) is 6.54 Å². The average molecular weight is 361 g/mol. The molecule has 1 fully saturated rings. The van der Waals surface area contributed by atoms with Crippen molar-refractivity contribution >= 4 is 16.8 Å². The molecule has 1 unspecified atom stereocenters. The summed E-state index contributed by atoms with van der Waals surface area (Å²) in [4.78, 5) is 29.7. The molecule has 0 bridgehead atoms. The third-order valence-corrected chi connectivity index (χ3v) is 5.14. The minimum Gasteiger partial charge on any atom is -0.347 e. The molecule has 0 saturated heterocycles. The van der Waals surface area contributed by atoms with E-state index in [-0.39, 0.29) is 24.1 Å². The molecule has 1 aliphatic rings. The molecule has 2 aromatic carbocycles. The summed E-state index contributed by atoms with van der Waals surface area (Å²) in [7, 11) is 0. The number of nitrogens with zero attached hydrogens (tertiary/aromatic N) is 2. The number of rotatable bonds is 5. The van der Waals surface area contributed by atoms with E-state index < -0.39 is 0 Å². The summed E-state index contributed by atoms with van der Waals surface area (Å²) in [5.41, 5.74) is 3.78. The first kappa shape index (κ1) is 17.5. The molecular weight excluding hydrogens is 338 g/mol. The van der Waals surface area contributed by atoms with Crippen LogP contribution >= 0.6 is 0 Å². The SMILES string of the molecule is Cc1ccc(C(NC(=O)Cn2cnc3ccc(C)cc3c2=O)C2CC2)cc1. The first-order valence-corrected chi connectivity index (χ1v) is 9.33. The smallest absolute Gasteiger partial charge is 0.261 e. The summed E-state index contributed by atoms with van der Waals surface area (Å²) in [5.74, 6) is 0.314. The predicted molar refractivity (Wildman–Crippen MR) is 106 cm³/mol. The number of benzene rings is 2. The van der Waals surface area contributed by atoms with Crippen LogP contribution in [0.3, 0.4) is 0 Å². The molecule has 0 spiro atoms. The van der Waals surface area contributed by atoms with Crippen molar-refractivity contribution in [3.63, 3.8) is 0 Å². The molecule has 0 radical (unpaired) electrons. The van der Waals surface area contributed by atoms with Gasteiger partial charge in [-0.25, -0.2) is 4.98 Å². The van der Waals surface area contributed by atoms with Gasteiger partial charge in [0.25, 0.3) is 5.56 Å². The average Bonchev–Trinajstić information content (AvgIpc) is 3.48. The molecule has 5 heteroatoms. The Morgan fingerprint density at radius 3 is 2.56 bits per heavy atom. The Morgan fingerprint density at radius 1 is 1.15 bits per heavy atom. The van der Waals surface area contributed by atoms with Gasteiger partial charge in [0.15, 0.2) is 0 Å². The van der Waals surface area contributed by atoms with E-state index in [1.54, 1.807) is 0 Å². The van der Waals surface area contributed by atoms with Crippen LogP contribution in [0, 0.1) is 19.8 Å². The van der Waals surface area contributed by atoms with Gasteiger partial charge in [-0.3, -0.25) is 14.2 Å². The highest BCUT2D eigenvalue weighted by atomic mass is 16.2. The van der Waals surface area contributed by atoms with E-state index in [1.807, 2.05) is 25.1 Å². The van der Waals surface area contributed by atoms with E-state index >= 15 is 0 Å². The highest BCUT2D eigenvalue weighted by molar-refractivity contribution is 5.79. The number of nitrogens with one attached hydrogen (secondary N) is 1. The van der Waals surface area contributed by atoms with Gasteiger partial charge < -0.3 is 5.32 Å². The summed E-state index contributed by atoms with van der Waals surface area (Å²) in [6.45, 7) is 3.96. The standard InChI is InChI=1S/C22H23N3O2/c1-14-3-6-16(7-4-14)21(17-8-9-17)24-20(26)12-25-13-23-19-10-5-15(2)11-18(19)22(25)27/h3-7,10-11,13,17,21H,8-9,12H2,1-2H3,(H,24,26). The van der Waals surface area contributed by atoms with Crippen molar-refractivity contribution in [1.82, 2.24) is 14.9 Å². The van der Waals surface area contributed by atoms with Gasteiger partial charge >= 0.3 is 0 Å². The number of carbonyl (C=O) groups excluding carboxylic acids is 1. The maximum absolute atomic E-state index is 12.7. The Bertz CT molecular complexity index is 1050. The summed E-state index contributed by atoms with van der Waals surface area (Å²) in [6.07, 6.45) is 3.70. The predicted octanol–water partition coefficient (Wildman–Crippen LogP) is 3.28. The molecule has 1 aliphatic carbocycles.